The Bertz CT molecular complexity index is 2530. The van der Waals surface area contributed by atoms with Gasteiger partial charge in [0.2, 0.25) is 0 Å². The van der Waals surface area contributed by atoms with E-state index < -0.39 is 0 Å². The fraction of sp³-hybridized carbons (Fsp3) is 0. The average molecular weight is 656 g/mol. The van der Waals surface area contributed by atoms with E-state index in [1.165, 1.54) is 5.56 Å². The van der Waals surface area contributed by atoms with Crippen LogP contribution in [-0.4, -0.2) is 4.57 Å². The first-order valence-electron chi connectivity index (χ1n) is 15.4. The number of para-hydroxylation sites is 3. The van der Waals surface area contributed by atoms with E-state index in [9.17, 15) is 0 Å². The third-order valence-electron chi connectivity index (χ3n) is 8.83. The highest BCUT2D eigenvalue weighted by molar-refractivity contribution is 9.10. The van der Waals surface area contributed by atoms with Gasteiger partial charge in [-0.05, 0) is 96.1 Å². The molecule has 9 rings (SSSR count). The summed E-state index contributed by atoms with van der Waals surface area (Å²) in [6.45, 7) is 0. The van der Waals surface area contributed by atoms with Gasteiger partial charge in [-0.25, -0.2) is 0 Å². The average Bonchev–Trinajstić information content (AvgIpc) is 3.65. The molecule has 0 saturated carbocycles. The summed E-state index contributed by atoms with van der Waals surface area (Å²) in [6, 6.07) is 58.0. The lowest BCUT2D eigenvalue weighted by molar-refractivity contribution is 0.673. The summed E-state index contributed by atoms with van der Waals surface area (Å²) >= 11 is 3.58. The largest absolute Gasteiger partial charge is 0.455 e. The number of nitrogens with zero attached hydrogens (tertiary/aromatic N) is 2. The quantitative estimate of drug-likeness (QED) is 0.184. The van der Waals surface area contributed by atoms with Crippen molar-refractivity contribution >= 4 is 76.7 Å². The van der Waals surface area contributed by atoms with Crippen LogP contribution in [0, 0.1) is 0 Å². The summed E-state index contributed by atoms with van der Waals surface area (Å²) in [4.78, 5) is 2.34. The van der Waals surface area contributed by atoms with Gasteiger partial charge in [-0.15, -0.1) is 0 Å². The Kier molecular flexibility index (Phi) is 6.29. The molecule has 4 heteroatoms. The zero-order valence-corrected chi connectivity index (χ0v) is 26.4. The Balaban J connectivity index is 1.31. The number of hydrogen-bond acceptors (Lipinski definition) is 2. The van der Waals surface area contributed by atoms with Crippen LogP contribution >= 0.6 is 15.9 Å². The molecule has 0 atom stereocenters. The maximum atomic E-state index is 6.58. The van der Waals surface area contributed by atoms with E-state index in [0.717, 1.165) is 76.5 Å². The van der Waals surface area contributed by atoms with Gasteiger partial charge >= 0.3 is 0 Å². The Labute approximate surface area is 274 Å². The fourth-order valence-electron chi connectivity index (χ4n) is 6.76. The predicted octanol–water partition coefficient (Wildman–Crippen LogP) is 12.6. The molecule has 0 N–H and O–H groups in total. The van der Waals surface area contributed by atoms with Crippen molar-refractivity contribution in [3.63, 3.8) is 0 Å². The zero-order valence-electron chi connectivity index (χ0n) is 24.8. The van der Waals surface area contributed by atoms with Gasteiger partial charge in [0.1, 0.15) is 11.2 Å². The van der Waals surface area contributed by atoms with Crippen LogP contribution in [0.5, 0.6) is 0 Å². The van der Waals surface area contributed by atoms with Crippen LogP contribution in [0.15, 0.2) is 173 Å². The molecule has 0 aliphatic heterocycles. The van der Waals surface area contributed by atoms with Crippen LogP contribution < -0.4 is 4.90 Å². The van der Waals surface area contributed by atoms with Crippen LogP contribution in [0.3, 0.4) is 0 Å². The first kappa shape index (κ1) is 26.8. The lowest BCUT2D eigenvalue weighted by Crippen LogP contribution is -2.10. The molecule has 0 saturated heterocycles. The number of rotatable bonds is 5. The molecule has 0 amide bonds. The minimum Gasteiger partial charge on any atom is -0.455 e. The third-order valence-corrected chi connectivity index (χ3v) is 9.35. The number of halogens is 1. The molecule has 7 aromatic carbocycles. The molecular formula is C42H27BrN2O. The van der Waals surface area contributed by atoms with Gasteiger partial charge in [-0.1, -0.05) is 94.8 Å². The molecule has 0 fully saturated rings. The molecule has 9 aromatic rings. The maximum absolute atomic E-state index is 6.58. The topological polar surface area (TPSA) is 21.3 Å². The maximum Gasteiger partial charge on any atom is 0.145 e. The lowest BCUT2D eigenvalue weighted by Gasteiger charge is -2.26. The van der Waals surface area contributed by atoms with Crippen molar-refractivity contribution in [1.82, 2.24) is 4.57 Å². The molecule has 0 radical (unpaired) electrons. The highest BCUT2D eigenvalue weighted by Gasteiger charge is 2.21. The SMILES string of the molecule is Brc1ccc(-c2cccc(N(c3ccccc3)c3ccc4c5c6oc7ccccc7c6ccc5n(-c5ccccc5)c4c3)c2)cc1. The van der Waals surface area contributed by atoms with Gasteiger partial charge in [0.25, 0.3) is 0 Å². The molecule has 2 heterocycles. The normalized spacial score (nSPS) is 11.6. The molecule has 218 valence electrons. The van der Waals surface area contributed by atoms with Crippen molar-refractivity contribution in [1.29, 1.82) is 0 Å². The minimum atomic E-state index is 0.906. The van der Waals surface area contributed by atoms with E-state index >= 15 is 0 Å². The molecule has 0 unspecified atom stereocenters. The van der Waals surface area contributed by atoms with E-state index in [1.54, 1.807) is 0 Å². The van der Waals surface area contributed by atoms with Crippen molar-refractivity contribution in [3.8, 4) is 16.8 Å². The Morgan fingerprint density at radius 1 is 0.478 bits per heavy atom. The standard InChI is InChI=1S/C42H27BrN2O/c43-30-20-18-28(19-21-30)29-10-9-15-33(26-29)44(31-11-3-1-4-12-31)34-22-23-37-39(27-34)45(32-13-5-2-6-14-32)38-25-24-36-35-16-7-8-17-40(35)46-42(36)41(37)38/h1-27H. The van der Waals surface area contributed by atoms with Crippen molar-refractivity contribution in [2.75, 3.05) is 4.90 Å². The summed E-state index contributed by atoms with van der Waals surface area (Å²) in [7, 11) is 0. The summed E-state index contributed by atoms with van der Waals surface area (Å²) in [5.74, 6) is 0. The molecule has 0 aliphatic rings. The Morgan fingerprint density at radius 3 is 2.00 bits per heavy atom. The summed E-state index contributed by atoms with van der Waals surface area (Å²) in [6.07, 6.45) is 0. The van der Waals surface area contributed by atoms with Crippen molar-refractivity contribution in [3.05, 3.63) is 168 Å². The fourth-order valence-corrected chi connectivity index (χ4v) is 7.02. The molecule has 3 nitrogen and oxygen atoms in total. The third kappa shape index (κ3) is 4.33. The summed E-state index contributed by atoms with van der Waals surface area (Å²) < 4.78 is 10.0. The van der Waals surface area contributed by atoms with E-state index in [4.69, 9.17) is 4.42 Å². The monoisotopic (exact) mass is 654 g/mol. The van der Waals surface area contributed by atoms with Crippen molar-refractivity contribution in [2.45, 2.75) is 0 Å². The number of anilines is 3. The second kappa shape index (κ2) is 10.8. The van der Waals surface area contributed by atoms with Gasteiger partial charge in [0.05, 0.1) is 16.4 Å². The van der Waals surface area contributed by atoms with Crippen LogP contribution in [0.2, 0.25) is 0 Å². The lowest BCUT2D eigenvalue weighted by atomic mass is 10.0. The molecular weight excluding hydrogens is 628 g/mol. The first-order valence-corrected chi connectivity index (χ1v) is 16.2. The van der Waals surface area contributed by atoms with E-state index in [-0.39, 0.29) is 0 Å². The van der Waals surface area contributed by atoms with E-state index in [2.05, 4.69) is 183 Å². The highest BCUT2D eigenvalue weighted by Crippen LogP contribution is 2.43. The summed E-state index contributed by atoms with van der Waals surface area (Å²) in [5.41, 5.74) is 10.8. The van der Waals surface area contributed by atoms with Gasteiger partial charge in [-0.2, -0.15) is 0 Å². The zero-order chi connectivity index (χ0) is 30.6. The second-order valence-corrected chi connectivity index (χ2v) is 12.5. The van der Waals surface area contributed by atoms with Gasteiger partial charge < -0.3 is 13.9 Å². The molecule has 2 aromatic heterocycles. The highest BCUT2D eigenvalue weighted by atomic mass is 79.9. The molecule has 0 bridgehead atoms. The number of fused-ring (bicyclic) bond motifs is 7. The van der Waals surface area contributed by atoms with Crippen molar-refractivity contribution < 1.29 is 4.42 Å². The van der Waals surface area contributed by atoms with Gasteiger partial charge in [-0.3, -0.25) is 0 Å². The molecule has 46 heavy (non-hydrogen) atoms. The first-order chi connectivity index (χ1) is 22.7. The van der Waals surface area contributed by atoms with Gasteiger partial charge in [0, 0.05) is 43.4 Å². The van der Waals surface area contributed by atoms with Gasteiger partial charge in [0.15, 0.2) is 0 Å². The predicted molar refractivity (Wildman–Crippen MR) is 196 cm³/mol. The summed E-state index contributed by atoms with van der Waals surface area (Å²) in [5, 5.41) is 4.55. The van der Waals surface area contributed by atoms with Crippen LogP contribution in [-0.2, 0) is 0 Å². The minimum absolute atomic E-state index is 0.906. The van der Waals surface area contributed by atoms with Crippen LogP contribution in [0.25, 0.3) is 60.6 Å². The number of hydrogen-bond donors (Lipinski definition) is 0. The van der Waals surface area contributed by atoms with Crippen LogP contribution in [0.4, 0.5) is 17.1 Å². The number of benzene rings is 7. The van der Waals surface area contributed by atoms with Crippen LogP contribution in [0.1, 0.15) is 0 Å². The molecule has 0 aliphatic carbocycles. The molecule has 0 spiro atoms. The van der Waals surface area contributed by atoms with E-state index in [0.29, 0.717) is 0 Å². The van der Waals surface area contributed by atoms with Crippen molar-refractivity contribution in [2.24, 2.45) is 0 Å². The van der Waals surface area contributed by atoms with E-state index in [1.807, 2.05) is 6.07 Å². The Hall–Kier alpha value is -5.58. The second-order valence-electron chi connectivity index (χ2n) is 11.5. The number of aromatic nitrogens is 1. The number of furan rings is 1. The Morgan fingerprint density at radius 2 is 1.17 bits per heavy atom. The smallest absolute Gasteiger partial charge is 0.145 e.